The first-order chi connectivity index (χ1) is 11.1. The minimum absolute atomic E-state index is 0.139. The molecule has 0 saturated heterocycles. The van der Waals surface area contributed by atoms with Crippen molar-refractivity contribution in [2.75, 3.05) is 11.1 Å². The smallest absolute Gasteiger partial charge is 0.257 e. The van der Waals surface area contributed by atoms with Gasteiger partial charge in [0, 0.05) is 22.6 Å². The number of anilines is 1. The van der Waals surface area contributed by atoms with E-state index in [4.69, 9.17) is 0 Å². The summed E-state index contributed by atoms with van der Waals surface area (Å²) in [6, 6.07) is 7.64. The number of fused-ring (bicyclic) bond motifs is 1. The third-order valence-corrected chi connectivity index (χ3v) is 4.88. The molecule has 0 bridgehead atoms. The van der Waals surface area contributed by atoms with Crippen LogP contribution in [0.3, 0.4) is 0 Å². The molecule has 2 heterocycles. The van der Waals surface area contributed by atoms with Crippen molar-refractivity contribution in [2.45, 2.75) is 17.5 Å². The Bertz CT molecular complexity index is 834. The average Bonchev–Trinajstić information content (AvgIpc) is 2.51. The summed E-state index contributed by atoms with van der Waals surface area (Å²) >= 11 is 4.79. The molecule has 0 unspecified atom stereocenters. The van der Waals surface area contributed by atoms with Gasteiger partial charge in [-0.05, 0) is 17.7 Å². The highest BCUT2D eigenvalue weighted by atomic mass is 79.9. The SMILES string of the molecule is C=CCSc1nc2c(c(=O)[nH]1)[C@H](c1cccc(Br)c1)CC(=O)N2. The van der Waals surface area contributed by atoms with Gasteiger partial charge in [-0.3, -0.25) is 9.59 Å². The molecule has 23 heavy (non-hydrogen) atoms. The van der Waals surface area contributed by atoms with Crippen LogP contribution < -0.4 is 10.9 Å². The van der Waals surface area contributed by atoms with E-state index in [9.17, 15) is 9.59 Å². The molecule has 3 rings (SSSR count). The molecule has 1 amide bonds. The summed E-state index contributed by atoms with van der Waals surface area (Å²) in [6.07, 6.45) is 1.96. The van der Waals surface area contributed by atoms with Gasteiger partial charge in [0.05, 0.1) is 5.56 Å². The Balaban J connectivity index is 2.08. The van der Waals surface area contributed by atoms with Crippen molar-refractivity contribution in [3.05, 3.63) is 62.9 Å². The zero-order valence-electron chi connectivity index (χ0n) is 12.1. The van der Waals surface area contributed by atoms with E-state index in [1.807, 2.05) is 24.3 Å². The molecule has 7 heteroatoms. The van der Waals surface area contributed by atoms with Crippen LogP contribution in [0.25, 0.3) is 0 Å². The second kappa shape index (κ2) is 6.72. The summed E-state index contributed by atoms with van der Waals surface area (Å²) in [4.78, 5) is 31.7. The lowest BCUT2D eigenvalue weighted by molar-refractivity contribution is -0.116. The predicted octanol–water partition coefficient (Wildman–Crippen LogP) is 3.28. The first-order valence-electron chi connectivity index (χ1n) is 7.01. The van der Waals surface area contributed by atoms with E-state index in [0.29, 0.717) is 22.3 Å². The van der Waals surface area contributed by atoms with E-state index in [-0.39, 0.29) is 23.8 Å². The van der Waals surface area contributed by atoms with Gasteiger partial charge < -0.3 is 10.3 Å². The predicted molar refractivity (Wildman–Crippen MR) is 95.0 cm³/mol. The molecule has 1 aromatic carbocycles. The van der Waals surface area contributed by atoms with Crippen molar-refractivity contribution < 1.29 is 4.79 Å². The van der Waals surface area contributed by atoms with Crippen molar-refractivity contribution in [1.82, 2.24) is 9.97 Å². The van der Waals surface area contributed by atoms with Crippen LogP contribution in [-0.2, 0) is 4.79 Å². The fourth-order valence-electron chi connectivity index (χ4n) is 2.56. The fourth-order valence-corrected chi connectivity index (χ4v) is 3.58. The number of hydrogen-bond acceptors (Lipinski definition) is 4. The van der Waals surface area contributed by atoms with Gasteiger partial charge in [-0.15, -0.1) is 6.58 Å². The van der Waals surface area contributed by atoms with E-state index < -0.39 is 0 Å². The monoisotopic (exact) mass is 391 g/mol. The summed E-state index contributed by atoms with van der Waals surface area (Å²) < 4.78 is 0.907. The number of thioether (sulfide) groups is 1. The lowest BCUT2D eigenvalue weighted by Crippen LogP contribution is -2.31. The molecule has 118 valence electrons. The molecule has 1 aliphatic heterocycles. The van der Waals surface area contributed by atoms with Crippen LogP contribution >= 0.6 is 27.7 Å². The lowest BCUT2D eigenvalue weighted by Gasteiger charge is -2.24. The van der Waals surface area contributed by atoms with Gasteiger partial charge in [0.2, 0.25) is 5.91 Å². The number of rotatable bonds is 4. The van der Waals surface area contributed by atoms with Gasteiger partial charge in [0.15, 0.2) is 5.16 Å². The summed E-state index contributed by atoms with van der Waals surface area (Å²) in [6.45, 7) is 3.64. The van der Waals surface area contributed by atoms with Gasteiger partial charge in [-0.25, -0.2) is 4.98 Å². The van der Waals surface area contributed by atoms with Crippen LogP contribution in [0.5, 0.6) is 0 Å². The van der Waals surface area contributed by atoms with Crippen molar-refractivity contribution >= 4 is 39.4 Å². The third-order valence-electron chi connectivity index (χ3n) is 3.52. The summed E-state index contributed by atoms with van der Waals surface area (Å²) in [5.74, 6) is 0.540. The van der Waals surface area contributed by atoms with Crippen LogP contribution in [0, 0.1) is 0 Å². The topological polar surface area (TPSA) is 74.8 Å². The van der Waals surface area contributed by atoms with E-state index >= 15 is 0 Å². The first kappa shape index (κ1) is 16.0. The number of carbonyl (C=O) groups excluding carboxylic acids is 1. The number of aromatic nitrogens is 2. The van der Waals surface area contributed by atoms with Crippen LogP contribution in [0.1, 0.15) is 23.5 Å². The van der Waals surface area contributed by atoms with Gasteiger partial charge >= 0.3 is 0 Å². The fraction of sp³-hybridized carbons (Fsp3) is 0.188. The number of benzene rings is 1. The molecule has 0 aliphatic carbocycles. The molecule has 5 nitrogen and oxygen atoms in total. The Kier molecular flexibility index (Phi) is 4.68. The summed E-state index contributed by atoms with van der Waals surface area (Å²) in [5.41, 5.74) is 1.20. The molecule has 0 radical (unpaired) electrons. The zero-order chi connectivity index (χ0) is 16.4. The maximum atomic E-state index is 12.5. The van der Waals surface area contributed by atoms with E-state index in [0.717, 1.165) is 10.0 Å². The van der Waals surface area contributed by atoms with Crippen molar-refractivity contribution in [2.24, 2.45) is 0 Å². The number of hydrogen-bond donors (Lipinski definition) is 2. The Labute approximate surface area is 145 Å². The molecule has 1 atom stereocenters. The molecule has 1 aromatic heterocycles. The normalized spacial score (nSPS) is 16.6. The minimum atomic E-state index is -0.300. The van der Waals surface area contributed by atoms with Crippen LogP contribution in [0.15, 0.2) is 51.3 Å². The standard InChI is InChI=1S/C16H14BrN3O2S/c1-2-6-23-16-19-14-13(15(22)20-16)11(8-12(21)18-14)9-4-3-5-10(17)7-9/h2-5,7,11H,1,6,8H2,(H2,18,19,20,21,22)/t11-/m0/s1. The third kappa shape index (κ3) is 3.40. The van der Waals surface area contributed by atoms with E-state index in [1.165, 1.54) is 11.8 Å². The molecule has 0 fully saturated rings. The molecule has 2 N–H and O–H groups in total. The Morgan fingerprint density at radius 3 is 3.00 bits per heavy atom. The van der Waals surface area contributed by atoms with Crippen LogP contribution in [0.4, 0.5) is 5.82 Å². The Hall–Kier alpha value is -1.86. The minimum Gasteiger partial charge on any atom is -0.310 e. The van der Waals surface area contributed by atoms with Crippen LogP contribution in [-0.4, -0.2) is 21.6 Å². The van der Waals surface area contributed by atoms with Crippen molar-refractivity contribution in [3.63, 3.8) is 0 Å². The maximum absolute atomic E-state index is 12.5. The van der Waals surface area contributed by atoms with Crippen molar-refractivity contribution in [3.8, 4) is 0 Å². The number of H-pyrrole nitrogens is 1. The second-order valence-electron chi connectivity index (χ2n) is 5.09. The Morgan fingerprint density at radius 2 is 2.26 bits per heavy atom. The molecular formula is C16H14BrN3O2S. The number of amides is 1. The molecular weight excluding hydrogens is 378 g/mol. The molecule has 0 saturated carbocycles. The van der Waals surface area contributed by atoms with E-state index in [2.05, 4.69) is 37.8 Å². The quantitative estimate of drug-likeness (QED) is 0.476. The molecule has 2 aromatic rings. The number of aromatic amines is 1. The number of nitrogens with one attached hydrogen (secondary N) is 2. The lowest BCUT2D eigenvalue weighted by atomic mass is 9.87. The highest BCUT2D eigenvalue weighted by Crippen LogP contribution is 2.35. The number of nitrogens with zero attached hydrogens (tertiary/aromatic N) is 1. The summed E-state index contributed by atoms with van der Waals surface area (Å²) in [5, 5.41) is 3.19. The molecule has 1 aliphatic rings. The first-order valence-corrected chi connectivity index (χ1v) is 8.79. The number of carbonyl (C=O) groups is 1. The van der Waals surface area contributed by atoms with Gasteiger partial charge in [-0.1, -0.05) is 45.9 Å². The largest absolute Gasteiger partial charge is 0.310 e. The highest BCUT2D eigenvalue weighted by molar-refractivity contribution is 9.10. The molecule has 0 spiro atoms. The van der Waals surface area contributed by atoms with E-state index in [1.54, 1.807) is 6.08 Å². The summed E-state index contributed by atoms with van der Waals surface area (Å²) in [7, 11) is 0. The van der Waals surface area contributed by atoms with Gasteiger partial charge in [0.1, 0.15) is 5.82 Å². The van der Waals surface area contributed by atoms with Crippen molar-refractivity contribution in [1.29, 1.82) is 0 Å². The average molecular weight is 392 g/mol. The van der Waals surface area contributed by atoms with Gasteiger partial charge in [0.25, 0.3) is 5.56 Å². The maximum Gasteiger partial charge on any atom is 0.257 e. The second-order valence-corrected chi connectivity index (χ2v) is 7.02. The highest BCUT2D eigenvalue weighted by Gasteiger charge is 2.30. The number of halogens is 1. The zero-order valence-corrected chi connectivity index (χ0v) is 14.5. The Morgan fingerprint density at radius 1 is 1.43 bits per heavy atom. The van der Waals surface area contributed by atoms with Gasteiger partial charge in [-0.2, -0.15) is 0 Å². The van der Waals surface area contributed by atoms with Crippen LogP contribution in [0.2, 0.25) is 0 Å².